The molecule has 1 aromatic heterocycles. The van der Waals surface area contributed by atoms with Crippen molar-refractivity contribution in [1.82, 2.24) is 4.98 Å². The Morgan fingerprint density at radius 1 is 1.56 bits per heavy atom. The smallest absolute Gasteiger partial charge is 0.328 e. The lowest BCUT2D eigenvalue weighted by molar-refractivity contribution is 0.615. The molecule has 1 N–H and O–H groups in total. The predicted molar refractivity (Wildman–Crippen MR) is 36.9 cm³/mol. The van der Waals surface area contributed by atoms with Gasteiger partial charge in [0.25, 0.3) is 0 Å². The van der Waals surface area contributed by atoms with Crippen molar-refractivity contribution >= 4 is 24.5 Å². The third kappa shape index (κ3) is 1.70. The molecule has 0 fully saturated rings. The van der Waals surface area contributed by atoms with Crippen molar-refractivity contribution in [3.63, 3.8) is 0 Å². The Kier molecular flexibility index (Phi) is 2.08. The summed E-state index contributed by atoms with van der Waals surface area (Å²) in [6.45, 7) is 0. The standard InChI is InChI=1S/C5H4BClNO/c7-5-2-1-4(6-9)3-8-5/h1-3,9H. The highest BCUT2D eigenvalue weighted by Gasteiger charge is 1.91. The molecule has 1 rings (SSSR count). The van der Waals surface area contributed by atoms with Crippen LogP contribution in [0.15, 0.2) is 18.3 Å². The molecule has 45 valence electrons. The zero-order valence-corrected chi connectivity index (χ0v) is 5.34. The number of hydrogen-bond donors (Lipinski definition) is 1. The van der Waals surface area contributed by atoms with Crippen molar-refractivity contribution in [2.45, 2.75) is 0 Å². The van der Waals surface area contributed by atoms with E-state index in [0.29, 0.717) is 10.6 Å². The molecular formula is C5H4BClNO. The van der Waals surface area contributed by atoms with E-state index in [4.69, 9.17) is 16.6 Å². The molecule has 9 heavy (non-hydrogen) atoms. The minimum Gasteiger partial charge on any atom is -0.450 e. The van der Waals surface area contributed by atoms with Gasteiger partial charge in [0, 0.05) is 6.20 Å². The predicted octanol–water partition coefficient (Wildman–Crippen LogP) is -0.0282. The summed E-state index contributed by atoms with van der Waals surface area (Å²) in [5.74, 6) is 0. The molecule has 0 unspecified atom stereocenters. The van der Waals surface area contributed by atoms with Gasteiger partial charge in [0.05, 0.1) is 0 Å². The summed E-state index contributed by atoms with van der Waals surface area (Å²) in [7, 11) is 0.976. The van der Waals surface area contributed by atoms with Crippen molar-refractivity contribution in [3.8, 4) is 0 Å². The van der Waals surface area contributed by atoms with Gasteiger partial charge in [-0.1, -0.05) is 17.7 Å². The molecular weight excluding hydrogens is 136 g/mol. The minimum atomic E-state index is 0.431. The molecule has 0 bridgehead atoms. The maximum Gasteiger partial charge on any atom is 0.328 e. The van der Waals surface area contributed by atoms with E-state index in [1.165, 1.54) is 6.20 Å². The van der Waals surface area contributed by atoms with E-state index in [0.717, 1.165) is 7.48 Å². The first-order valence-corrected chi connectivity index (χ1v) is 2.79. The van der Waals surface area contributed by atoms with Gasteiger partial charge in [-0.25, -0.2) is 4.98 Å². The van der Waals surface area contributed by atoms with Crippen molar-refractivity contribution < 1.29 is 5.02 Å². The first kappa shape index (κ1) is 6.58. The SMILES string of the molecule is O[B]c1ccc(Cl)nc1. The van der Waals surface area contributed by atoms with Gasteiger partial charge in [-0.05, 0) is 11.5 Å². The molecule has 0 atom stereocenters. The lowest BCUT2D eigenvalue weighted by Gasteiger charge is -1.90. The van der Waals surface area contributed by atoms with Crippen LogP contribution in [0, 0.1) is 0 Å². The van der Waals surface area contributed by atoms with Gasteiger partial charge in [0.2, 0.25) is 0 Å². The van der Waals surface area contributed by atoms with E-state index in [1.54, 1.807) is 12.1 Å². The van der Waals surface area contributed by atoms with Crippen LogP contribution in [0.4, 0.5) is 0 Å². The van der Waals surface area contributed by atoms with Crippen molar-refractivity contribution in [3.05, 3.63) is 23.5 Å². The first-order valence-electron chi connectivity index (χ1n) is 2.42. The summed E-state index contributed by atoms with van der Waals surface area (Å²) in [6, 6.07) is 3.29. The fraction of sp³-hybridized carbons (Fsp3) is 0. The van der Waals surface area contributed by atoms with Crippen molar-refractivity contribution in [1.29, 1.82) is 0 Å². The quantitative estimate of drug-likeness (QED) is 0.439. The lowest BCUT2D eigenvalue weighted by Crippen LogP contribution is -2.12. The lowest BCUT2D eigenvalue weighted by atomic mass is 9.91. The molecule has 1 radical (unpaired) electrons. The minimum absolute atomic E-state index is 0.431. The van der Waals surface area contributed by atoms with E-state index < -0.39 is 0 Å². The van der Waals surface area contributed by atoms with Crippen LogP contribution >= 0.6 is 11.6 Å². The molecule has 0 aliphatic rings. The average molecular weight is 140 g/mol. The van der Waals surface area contributed by atoms with E-state index in [9.17, 15) is 0 Å². The Labute approximate surface area is 58.8 Å². The maximum atomic E-state index is 8.42. The van der Waals surface area contributed by atoms with E-state index >= 15 is 0 Å². The van der Waals surface area contributed by atoms with Crippen molar-refractivity contribution in [2.75, 3.05) is 0 Å². The fourth-order valence-electron chi connectivity index (χ4n) is 0.464. The van der Waals surface area contributed by atoms with E-state index in [-0.39, 0.29) is 0 Å². The van der Waals surface area contributed by atoms with Crippen molar-refractivity contribution in [2.24, 2.45) is 0 Å². The highest BCUT2D eigenvalue weighted by Crippen LogP contribution is 1.97. The third-order valence-corrected chi connectivity index (χ3v) is 1.12. The number of pyridine rings is 1. The van der Waals surface area contributed by atoms with E-state index in [2.05, 4.69) is 4.98 Å². The van der Waals surface area contributed by atoms with Gasteiger partial charge in [-0.2, -0.15) is 0 Å². The molecule has 0 saturated heterocycles. The number of hydrogen-bond acceptors (Lipinski definition) is 2. The molecule has 4 heteroatoms. The van der Waals surface area contributed by atoms with Gasteiger partial charge in [-0.3, -0.25) is 0 Å². The Hall–Kier alpha value is -0.535. The molecule has 0 saturated carbocycles. The monoisotopic (exact) mass is 140 g/mol. The Morgan fingerprint density at radius 3 is 2.78 bits per heavy atom. The molecule has 2 nitrogen and oxygen atoms in total. The Morgan fingerprint density at radius 2 is 2.33 bits per heavy atom. The topological polar surface area (TPSA) is 33.1 Å². The second-order valence-corrected chi connectivity index (χ2v) is 1.93. The van der Waals surface area contributed by atoms with Crippen LogP contribution in [0.2, 0.25) is 5.15 Å². The summed E-state index contributed by atoms with van der Waals surface area (Å²) in [5, 5.41) is 8.85. The summed E-state index contributed by atoms with van der Waals surface area (Å²) < 4.78 is 0. The number of halogens is 1. The van der Waals surface area contributed by atoms with Crippen LogP contribution in [-0.4, -0.2) is 17.5 Å². The third-order valence-electron chi connectivity index (χ3n) is 0.899. The van der Waals surface area contributed by atoms with Gasteiger partial charge in [-0.15, -0.1) is 0 Å². The highest BCUT2D eigenvalue weighted by molar-refractivity contribution is 6.45. The normalized spacial score (nSPS) is 9.11. The molecule has 0 aromatic carbocycles. The van der Waals surface area contributed by atoms with Gasteiger partial charge < -0.3 is 5.02 Å². The van der Waals surface area contributed by atoms with Crippen LogP contribution in [0.25, 0.3) is 0 Å². The summed E-state index contributed by atoms with van der Waals surface area (Å²) >= 11 is 5.46. The maximum absolute atomic E-state index is 8.42. The molecule has 0 aliphatic carbocycles. The summed E-state index contributed by atoms with van der Waals surface area (Å²) in [4.78, 5) is 3.72. The van der Waals surface area contributed by atoms with Crippen LogP contribution in [-0.2, 0) is 0 Å². The van der Waals surface area contributed by atoms with Gasteiger partial charge in [0.1, 0.15) is 5.15 Å². The molecule has 0 spiro atoms. The number of nitrogens with zero attached hydrogens (tertiary/aromatic N) is 1. The molecule has 1 aromatic rings. The van der Waals surface area contributed by atoms with E-state index in [1.807, 2.05) is 0 Å². The largest absolute Gasteiger partial charge is 0.450 e. The second kappa shape index (κ2) is 2.85. The summed E-state index contributed by atoms with van der Waals surface area (Å²) in [5.41, 5.74) is 0.652. The Balaban J connectivity index is 2.88. The van der Waals surface area contributed by atoms with Crippen LogP contribution < -0.4 is 5.46 Å². The van der Waals surface area contributed by atoms with Gasteiger partial charge in [0.15, 0.2) is 0 Å². The zero-order valence-electron chi connectivity index (χ0n) is 4.58. The van der Waals surface area contributed by atoms with Crippen LogP contribution in [0.5, 0.6) is 0 Å². The molecule has 0 aliphatic heterocycles. The molecule has 0 amide bonds. The molecule has 1 heterocycles. The Bertz CT molecular complexity index is 189. The zero-order chi connectivity index (χ0) is 6.69. The highest BCUT2D eigenvalue weighted by atomic mass is 35.5. The van der Waals surface area contributed by atoms with Gasteiger partial charge >= 0.3 is 7.48 Å². The fourth-order valence-corrected chi connectivity index (χ4v) is 0.575. The first-order chi connectivity index (χ1) is 4.33. The number of rotatable bonds is 1. The van der Waals surface area contributed by atoms with Crippen LogP contribution in [0.3, 0.4) is 0 Å². The number of aromatic nitrogens is 1. The average Bonchev–Trinajstić information content (AvgIpc) is 1.90. The van der Waals surface area contributed by atoms with Crippen LogP contribution in [0.1, 0.15) is 0 Å². The summed E-state index contributed by atoms with van der Waals surface area (Å²) in [6.07, 6.45) is 1.49. The second-order valence-electron chi connectivity index (χ2n) is 1.54.